The SMILES string of the molecule is CC(=O)NCCNc1cc(NCCNC(=O)C2CCC(C(F)(F)F)CC2)nc(-c2ccc(Cl)cc2)n1. The molecule has 0 saturated heterocycles. The second-order valence-electron chi connectivity index (χ2n) is 8.69. The van der Waals surface area contributed by atoms with Gasteiger partial charge >= 0.3 is 6.18 Å². The molecule has 0 spiro atoms. The highest BCUT2D eigenvalue weighted by atomic mass is 35.5. The van der Waals surface area contributed by atoms with Crippen molar-refractivity contribution < 1.29 is 22.8 Å². The van der Waals surface area contributed by atoms with E-state index in [-0.39, 0.29) is 37.5 Å². The summed E-state index contributed by atoms with van der Waals surface area (Å²) in [7, 11) is 0. The van der Waals surface area contributed by atoms with Crippen LogP contribution in [-0.4, -0.2) is 54.1 Å². The van der Waals surface area contributed by atoms with Crippen molar-refractivity contribution in [1.29, 1.82) is 0 Å². The van der Waals surface area contributed by atoms with Gasteiger partial charge in [-0.1, -0.05) is 11.6 Å². The first-order valence-corrected chi connectivity index (χ1v) is 12.2. The number of amides is 2. The number of rotatable bonds is 10. The van der Waals surface area contributed by atoms with E-state index in [0.29, 0.717) is 48.7 Å². The Morgan fingerprint density at radius 2 is 1.47 bits per heavy atom. The molecule has 1 aliphatic carbocycles. The van der Waals surface area contributed by atoms with Crippen LogP contribution in [0.15, 0.2) is 30.3 Å². The molecule has 36 heavy (non-hydrogen) atoms. The number of hydrogen-bond acceptors (Lipinski definition) is 6. The topological polar surface area (TPSA) is 108 Å². The minimum Gasteiger partial charge on any atom is -0.368 e. The number of carbonyl (C=O) groups excluding carboxylic acids is 2. The largest absolute Gasteiger partial charge is 0.391 e. The lowest BCUT2D eigenvalue weighted by molar-refractivity contribution is -0.184. The van der Waals surface area contributed by atoms with Crippen LogP contribution in [0.2, 0.25) is 5.02 Å². The smallest absolute Gasteiger partial charge is 0.368 e. The van der Waals surface area contributed by atoms with Gasteiger partial charge in [-0.25, -0.2) is 9.97 Å². The van der Waals surface area contributed by atoms with E-state index < -0.39 is 18.0 Å². The van der Waals surface area contributed by atoms with Crippen molar-refractivity contribution in [3.8, 4) is 11.4 Å². The maximum atomic E-state index is 12.8. The molecule has 0 aliphatic heterocycles. The van der Waals surface area contributed by atoms with Gasteiger partial charge in [-0.05, 0) is 49.9 Å². The molecular weight excluding hydrogens is 497 g/mol. The molecule has 8 nitrogen and oxygen atoms in total. The number of benzene rings is 1. The molecular formula is C24H30ClF3N6O2. The highest BCUT2D eigenvalue weighted by Crippen LogP contribution is 2.39. The average Bonchev–Trinajstić information content (AvgIpc) is 2.84. The number of anilines is 2. The molecule has 0 atom stereocenters. The minimum absolute atomic E-state index is 0.00798. The fourth-order valence-electron chi connectivity index (χ4n) is 3.99. The first-order chi connectivity index (χ1) is 17.1. The molecule has 0 bridgehead atoms. The molecule has 1 aromatic heterocycles. The Labute approximate surface area is 212 Å². The van der Waals surface area contributed by atoms with E-state index in [9.17, 15) is 22.8 Å². The van der Waals surface area contributed by atoms with Gasteiger partial charge in [-0.2, -0.15) is 13.2 Å². The molecule has 1 heterocycles. The Morgan fingerprint density at radius 3 is 2.00 bits per heavy atom. The summed E-state index contributed by atoms with van der Waals surface area (Å²) in [6.45, 7) is 2.99. The molecule has 0 radical (unpaired) electrons. The molecule has 1 aromatic carbocycles. The van der Waals surface area contributed by atoms with Crippen LogP contribution in [0.25, 0.3) is 11.4 Å². The first-order valence-electron chi connectivity index (χ1n) is 11.8. The van der Waals surface area contributed by atoms with Gasteiger partial charge in [-0.3, -0.25) is 9.59 Å². The van der Waals surface area contributed by atoms with Crippen LogP contribution >= 0.6 is 11.6 Å². The molecule has 2 aromatic rings. The number of hydrogen-bond donors (Lipinski definition) is 4. The second-order valence-corrected chi connectivity index (χ2v) is 9.12. The monoisotopic (exact) mass is 526 g/mol. The van der Waals surface area contributed by atoms with E-state index in [1.54, 1.807) is 30.3 Å². The van der Waals surface area contributed by atoms with Gasteiger partial charge in [0.1, 0.15) is 11.6 Å². The van der Waals surface area contributed by atoms with Crippen molar-refractivity contribution >= 4 is 35.1 Å². The highest BCUT2D eigenvalue weighted by molar-refractivity contribution is 6.30. The summed E-state index contributed by atoms with van der Waals surface area (Å²) >= 11 is 5.98. The fraction of sp³-hybridized carbons (Fsp3) is 0.500. The summed E-state index contributed by atoms with van der Waals surface area (Å²) in [5.74, 6) is -0.508. The predicted molar refractivity (Wildman–Crippen MR) is 133 cm³/mol. The molecule has 0 unspecified atom stereocenters. The van der Waals surface area contributed by atoms with E-state index in [1.165, 1.54) is 6.92 Å². The zero-order chi connectivity index (χ0) is 26.1. The molecule has 12 heteroatoms. The minimum atomic E-state index is -4.19. The molecule has 1 saturated carbocycles. The van der Waals surface area contributed by atoms with Crippen molar-refractivity contribution in [2.45, 2.75) is 38.8 Å². The third-order valence-corrected chi connectivity index (χ3v) is 6.18. The first kappa shape index (κ1) is 27.5. The maximum Gasteiger partial charge on any atom is 0.391 e. The summed E-state index contributed by atoms with van der Waals surface area (Å²) in [4.78, 5) is 32.5. The van der Waals surface area contributed by atoms with Gasteiger partial charge in [0, 0.05) is 55.7 Å². The molecule has 1 aliphatic rings. The van der Waals surface area contributed by atoms with E-state index >= 15 is 0 Å². The maximum absolute atomic E-state index is 12.8. The van der Waals surface area contributed by atoms with Crippen LogP contribution in [-0.2, 0) is 9.59 Å². The van der Waals surface area contributed by atoms with E-state index in [2.05, 4.69) is 31.2 Å². The molecule has 4 N–H and O–H groups in total. The second kappa shape index (κ2) is 12.8. The lowest BCUT2D eigenvalue weighted by Gasteiger charge is -2.29. The molecule has 2 amide bonds. The summed E-state index contributed by atoms with van der Waals surface area (Å²) < 4.78 is 38.5. The van der Waals surface area contributed by atoms with Crippen LogP contribution in [0, 0.1) is 11.8 Å². The van der Waals surface area contributed by atoms with Crippen molar-refractivity contribution in [3.05, 3.63) is 35.4 Å². The van der Waals surface area contributed by atoms with E-state index in [0.717, 1.165) is 5.56 Å². The lowest BCUT2D eigenvalue weighted by atomic mass is 9.81. The molecule has 3 rings (SSSR count). The summed E-state index contributed by atoms with van der Waals surface area (Å²) in [6, 6.07) is 8.80. The third kappa shape index (κ3) is 8.54. The number of nitrogens with zero attached hydrogens (tertiary/aromatic N) is 2. The highest BCUT2D eigenvalue weighted by Gasteiger charge is 2.42. The normalized spacial score (nSPS) is 17.8. The van der Waals surface area contributed by atoms with Gasteiger partial charge in [0.05, 0.1) is 5.92 Å². The Morgan fingerprint density at radius 1 is 0.917 bits per heavy atom. The van der Waals surface area contributed by atoms with E-state index in [4.69, 9.17) is 11.6 Å². The third-order valence-electron chi connectivity index (χ3n) is 5.92. The number of halogens is 4. The zero-order valence-electron chi connectivity index (χ0n) is 19.9. The average molecular weight is 527 g/mol. The van der Waals surface area contributed by atoms with Crippen LogP contribution in [0.3, 0.4) is 0 Å². The Kier molecular flexibility index (Phi) is 9.74. The van der Waals surface area contributed by atoms with Gasteiger partial charge in [-0.15, -0.1) is 0 Å². The van der Waals surface area contributed by atoms with Crippen molar-refractivity contribution in [2.75, 3.05) is 36.8 Å². The number of aromatic nitrogens is 2. The fourth-order valence-corrected chi connectivity index (χ4v) is 4.12. The zero-order valence-corrected chi connectivity index (χ0v) is 20.7. The standard InChI is InChI=1S/C24H30ClF3N6O2/c1-15(35)29-10-11-30-20-14-21(34-22(33-20)16-4-8-19(25)9-5-16)31-12-13-32-23(36)17-2-6-18(7-3-17)24(26,27)28/h4-5,8-9,14,17-18H,2-3,6-7,10-13H2,1H3,(H,29,35)(H,32,36)(H2,30,31,33,34). The van der Waals surface area contributed by atoms with Gasteiger partial charge < -0.3 is 21.3 Å². The van der Waals surface area contributed by atoms with Gasteiger partial charge in [0.15, 0.2) is 5.82 Å². The lowest BCUT2D eigenvalue weighted by Crippen LogP contribution is -2.37. The van der Waals surface area contributed by atoms with Crippen molar-refractivity contribution in [3.63, 3.8) is 0 Å². The van der Waals surface area contributed by atoms with E-state index in [1.807, 2.05) is 0 Å². The number of carbonyl (C=O) groups is 2. The van der Waals surface area contributed by atoms with Crippen LogP contribution < -0.4 is 21.3 Å². The number of nitrogens with one attached hydrogen (secondary N) is 4. The van der Waals surface area contributed by atoms with Gasteiger partial charge in [0.25, 0.3) is 0 Å². The van der Waals surface area contributed by atoms with Crippen LogP contribution in [0.5, 0.6) is 0 Å². The summed E-state index contributed by atoms with van der Waals surface area (Å²) in [5, 5.41) is 12.4. The Bertz CT molecular complexity index is 1030. The summed E-state index contributed by atoms with van der Waals surface area (Å²) in [5.41, 5.74) is 0.760. The van der Waals surface area contributed by atoms with Gasteiger partial charge in [0.2, 0.25) is 11.8 Å². The quantitative estimate of drug-likeness (QED) is 0.345. The molecule has 196 valence electrons. The Hall–Kier alpha value is -3.08. The number of alkyl halides is 3. The summed E-state index contributed by atoms with van der Waals surface area (Å²) in [6.07, 6.45) is -3.72. The Balaban J connectivity index is 1.54. The predicted octanol–water partition coefficient (Wildman–Crippen LogP) is 4.24. The van der Waals surface area contributed by atoms with Crippen molar-refractivity contribution in [1.82, 2.24) is 20.6 Å². The van der Waals surface area contributed by atoms with Crippen LogP contribution in [0.1, 0.15) is 32.6 Å². The van der Waals surface area contributed by atoms with Crippen LogP contribution in [0.4, 0.5) is 24.8 Å². The molecule has 1 fully saturated rings. The van der Waals surface area contributed by atoms with Crippen molar-refractivity contribution in [2.24, 2.45) is 11.8 Å².